The molecule has 1 aliphatic rings. The van der Waals surface area contributed by atoms with Gasteiger partial charge in [0.25, 0.3) is 0 Å². The third-order valence-corrected chi connectivity index (χ3v) is 4.72. The third-order valence-electron chi connectivity index (χ3n) is 4.72. The van der Waals surface area contributed by atoms with Crippen molar-refractivity contribution in [1.82, 2.24) is 0 Å². The van der Waals surface area contributed by atoms with Crippen molar-refractivity contribution in [2.45, 2.75) is 39.0 Å². The van der Waals surface area contributed by atoms with Crippen LogP contribution >= 0.6 is 0 Å². The standard InChI is InChI=1S/C20H23NO/c1-4-5-13-21-17-11-10-15-8-6-7-9-16(15)19(17)20(2,3)18(21)12-14-22/h6-12,14H,4-5,13H2,1-3H3. The van der Waals surface area contributed by atoms with E-state index in [1.165, 1.54) is 22.0 Å². The largest absolute Gasteiger partial charge is 0.344 e. The van der Waals surface area contributed by atoms with Crippen molar-refractivity contribution in [2.75, 3.05) is 11.4 Å². The maximum atomic E-state index is 11.2. The van der Waals surface area contributed by atoms with Gasteiger partial charge in [0.1, 0.15) is 6.29 Å². The van der Waals surface area contributed by atoms with Gasteiger partial charge in [0.05, 0.1) is 0 Å². The van der Waals surface area contributed by atoms with Gasteiger partial charge in [0.2, 0.25) is 0 Å². The van der Waals surface area contributed by atoms with Crippen molar-refractivity contribution in [3.8, 4) is 0 Å². The Kier molecular flexibility index (Phi) is 3.78. The number of benzene rings is 2. The molecule has 0 N–H and O–H groups in total. The lowest BCUT2D eigenvalue weighted by Crippen LogP contribution is -2.27. The van der Waals surface area contributed by atoms with Crippen LogP contribution in [0, 0.1) is 0 Å². The molecule has 2 aromatic carbocycles. The Labute approximate surface area is 132 Å². The second-order valence-electron chi connectivity index (χ2n) is 6.50. The molecular formula is C20H23NO. The molecule has 0 saturated carbocycles. The van der Waals surface area contributed by atoms with Crippen molar-refractivity contribution in [3.05, 3.63) is 53.7 Å². The lowest BCUT2D eigenvalue weighted by Gasteiger charge is -2.26. The molecule has 0 spiro atoms. The summed E-state index contributed by atoms with van der Waals surface area (Å²) in [6.07, 6.45) is 4.93. The van der Waals surface area contributed by atoms with E-state index in [1.807, 2.05) is 0 Å². The maximum absolute atomic E-state index is 11.2. The number of carbonyl (C=O) groups excluding carboxylic acids is 1. The summed E-state index contributed by atoms with van der Waals surface area (Å²) in [6, 6.07) is 12.9. The molecule has 0 saturated heterocycles. The molecule has 0 atom stereocenters. The Morgan fingerprint density at radius 1 is 1.14 bits per heavy atom. The van der Waals surface area contributed by atoms with Crippen LogP contribution < -0.4 is 4.90 Å². The first-order valence-electron chi connectivity index (χ1n) is 8.07. The Morgan fingerprint density at radius 3 is 2.64 bits per heavy atom. The monoisotopic (exact) mass is 293 g/mol. The van der Waals surface area contributed by atoms with Crippen LogP contribution in [0.15, 0.2) is 48.2 Å². The number of allylic oxidation sites excluding steroid dienone is 2. The fourth-order valence-corrected chi connectivity index (χ4v) is 3.66. The molecule has 0 amide bonds. The molecule has 114 valence electrons. The fraction of sp³-hybridized carbons (Fsp3) is 0.350. The van der Waals surface area contributed by atoms with Gasteiger partial charge in [-0.15, -0.1) is 0 Å². The summed E-state index contributed by atoms with van der Waals surface area (Å²) in [5.74, 6) is 0. The second-order valence-corrected chi connectivity index (χ2v) is 6.50. The van der Waals surface area contributed by atoms with Crippen LogP contribution in [0.4, 0.5) is 5.69 Å². The number of hydrogen-bond donors (Lipinski definition) is 0. The Hall–Kier alpha value is -2.09. The molecule has 0 aromatic heterocycles. The topological polar surface area (TPSA) is 20.3 Å². The molecular weight excluding hydrogens is 270 g/mol. The first-order chi connectivity index (χ1) is 10.6. The highest BCUT2D eigenvalue weighted by Gasteiger charge is 2.40. The molecule has 1 aliphatic heterocycles. The minimum absolute atomic E-state index is 0.148. The third kappa shape index (κ3) is 2.14. The maximum Gasteiger partial charge on any atom is 0.144 e. The van der Waals surface area contributed by atoms with Crippen LogP contribution in [-0.2, 0) is 10.2 Å². The zero-order valence-corrected chi connectivity index (χ0v) is 13.6. The minimum Gasteiger partial charge on any atom is -0.344 e. The smallest absolute Gasteiger partial charge is 0.144 e. The number of hydrogen-bond acceptors (Lipinski definition) is 2. The van der Waals surface area contributed by atoms with E-state index in [2.05, 4.69) is 62.1 Å². The first-order valence-corrected chi connectivity index (χ1v) is 8.07. The zero-order chi connectivity index (χ0) is 15.7. The summed E-state index contributed by atoms with van der Waals surface area (Å²) in [5, 5.41) is 2.55. The number of nitrogens with zero attached hydrogens (tertiary/aromatic N) is 1. The number of aldehydes is 1. The van der Waals surface area contributed by atoms with Crippen LogP contribution in [0.2, 0.25) is 0 Å². The molecule has 3 rings (SSSR count). The SMILES string of the molecule is CCCCN1C(=CC=O)C(C)(C)c2c1ccc1ccccc21. The van der Waals surface area contributed by atoms with E-state index in [4.69, 9.17) is 0 Å². The molecule has 0 fully saturated rings. The number of fused-ring (bicyclic) bond motifs is 3. The molecule has 2 heteroatoms. The molecule has 1 heterocycles. The van der Waals surface area contributed by atoms with Gasteiger partial charge in [0.15, 0.2) is 0 Å². The highest BCUT2D eigenvalue weighted by molar-refractivity contribution is 5.95. The number of unbranched alkanes of at least 4 members (excludes halogenated alkanes) is 1. The van der Waals surface area contributed by atoms with Crippen LogP contribution in [-0.4, -0.2) is 12.8 Å². The zero-order valence-electron chi connectivity index (χ0n) is 13.6. The fourth-order valence-electron chi connectivity index (χ4n) is 3.66. The number of carbonyl (C=O) groups is 1. The first kappa shape index (κ1) is 14.8. The van der Waals surface area contributed by atoms with Crippen molar-refractivity contribution in [3.63, 3.8) is 0 Å². The van der Waals surface area contributed by atoms with Gasteiger partial charge in [-0.1, -0.05) is 57.5 Å². The van der Waals surface area contributed by atoms with Gasteiger partial charge in [-0.3, -0.25) is 4.79 Å². The lowest BCUT2D eigenvalue weighted by atomic mass is 9.81. The van der Waals surface area contributed by atoms with Gasteiger partial charge in [0, 0.05) is 23.3 Å². The van der Waals surface area contributed by atoms with Crippen molar-refractivity contribution >= 4 is 22.7 Å². The minimum atomic E-state index is -0.148. The van der Waals surface area contributed by atoms with E-state index in [9.17, 15) is 4.79 Å². The predicted molar refractivity (Wildman–Crippen MR) is 93.4 cm³/mol. The Bertz CT molecular complexity index is 742. The molecule has 0 aliphatic carbocycles. The average Bonchev–Trinajstić information content (AvgIpc) is 2.74. The van der Waals surface area contributed by atoms with Gasteiger partial charge in [-0.05, 0) is 34.9 Å². The van der Waals surface area contributed by atoms with Crippen molar-refractivity contribution in [2.24, 2.45) is 0 Å². The average molecular weight is 293 g/mol. The summed E-state index contributed by atoms with van der Waals surface area (Å²) >= 11 is 0. The van der Waals surface area contributed by atoms with E-state index in [1.54, 1.807) is 6.08 Å². The molecule has 22 heavy (non-hydrogen) atoms. The summed E-state index contributed by atoms with van der Waals surface area (Å²) in [5.41, 5.74) is 3.56. The van der Waals surface area contributed by atoms with Crippen LogP contribution in [0.5, 0.6) is 0 Å². The summed E-state index contributed by atoms with van der Waals surface area (Å²) < 4.78 is 0. The highest BCUT2D eigenvalue weighted by Crippen LogP contribution is 2.50. The highest BCUT2D eigenvalue weighted by atomic mass is 16.1. The summed E-state index contributed by atoms with van der Waals surface area (Å²) in [7, 11) is 0. The van der Waals surface area contributed by atoms with E-state index in [0.717, 1.165) is 31.4 Å². The normalized spacial score (nSPS) is 18.0. The van der Waals surface area contributed by atoms with Crippen molar-refractivity contribution in [1.29, 1.82) is 0 Å². The summed E-state index contributed by atoms with van der Waals surface area (Å²) in [6.45, 7) is 7.61. The molecule has 2 aromatic rings. The van der Waals surface area contributed by atoms with E-state index in [-0.39, 0.29) is 5.41 Å². The molecule has 0 unspecified atom stereocenters. The molecule has 2 nitrogen and oxygen atoms in total. The van der Waals surface area contributed by atoms with E-state index < -0.39 is 0 Å². The predicted octanol–water partition coefficient (Wildman–Crippen LogP) is 4.82. The second kappa shape index (κ2) is 5.60. The van der Waals surface area contributed by atoms with Crippen LogP contribution in [0.1, 0.15) is 39.2 Å². The molecule has 0 radical (unpaired) electrons. The Balaban J connectivity index is 2.26. The van der Waals surface area contributed by atoms with E-state index >= 15 is 0 Å². The number of rotatable bonds is 4. The Morgan fingerprint density at radius 2 is 1.91 bits per heavy atom. The van der Waals surface area contributed by atoms with Crippen molar-refractivity contribution < 1.29 is 4.79 Å². The van der Waals surface area contributed by atoms with Gasteiger partial charge in [-0.2, -0.15) is 0 Å². The summed E-state index contributed by atoms with van der Waals surface area (Å²) in [4.78, 5) is 13.5. The quantitative estimate of drug-likeness (QED) is 0.595. The van der Waals surface area contributed by atoms with Crippen LogP contribution in [0.25, 0.3) is 10.8 Å². The lowest BCUT2D eigenvalue weighted by molar-refractivity contribution is -0.104. The van der Waals surface area contributed by atoms with Gasteiger partial charge in [-0.25, -0.2) is 0 Å². The van der Waals surface area contributed by atoms with E-state index in [0.29, 0.717) is 0 Å². The van der Waals surface area contributed by atoms with Gasteiger partial charge < -0.3 is 4.90 Å². The number of anilines is 1. The molecule has 0 bridgehead atoms. The van der Waals surface area contributed by atoms with Gasteiger partial charge >= 0.3 is 0 Å². The van der Waals surface area contributed by atoms with Crippen LogP contribution in [0.3, 0.4) is 0 Å².